The average molecular weight is 257 g/mol. The minimum atomic E-state index is -1.26. The van der Waals surface area contributed by atoms with Crippen LogP contribution < -0.4 is 11.1 Å². The van der Waals surface area contributed by atoms with Gasteiger partial charge in [-0.25, -0.2) is 0 Å². The maximum absolute atomic E-state index is 11.9. The number of rotatable bonds is 5. The Hall–Kier alpha value is -1.59. The Kier molecular flexibility index (Phi) is 6.36. The fourth-order valence-corrected chi connectivity index (χ4v) is 1.20. The Morgan fingerprint density at radius 2 is 2.00 bits per heavy atom. The van der Waals surface area contributed by atoms with E-state index in [1.165, 1.54) is 13.8 Å². The van der Waals surface area contributed by atoms with Crippen molar-refractivity contribution < 1.29 is 14.3 Å². The molecular formula is C12H23N3O3. The van der Waals surface area contributed by atoms with E-state index in [1.807, 2.05) is 13.8 Å². The van der Waals surface area contributed by atoms with Crippen LogP contribution in [0, 0.1) is 0 Å². The van der Waals surface area contributed by atoms with Crippen molar-refractivity contribution in [2.45, 2.75) is 59.1 Å². The minimum absolute atomic E-state index is 0.0428. The van der Waals surface area contributed by atoms with Crippen molar-refractivity contribution in [1.82, 2.24) is 5.32 Å². The molecule has 0 rings (SSSR count). The van der Waals surface area contributed by atoms with Crippen LogP contribution in [0.3, 0.4) is 0 Å². The van der Waals surface area contributed by atoms with E-state index in [0.717, 1.165) is 6.42 Å². The number of nitrogens with one attached hydrogen (secondary N) is 1. The van der Waals surface area contributed by atoms with Gasteiger partial charge in [0, 0.05) is 13.0 Å². The Morgan fingerprint density at radius 1 is 1.44 bits per heavy atom. The summed E-state index contributed by atoms with van der Waals surface area (Å²) in [5.74, 6) is -1.04. The smallest absolute Gasteiger partial charge is 0.303 e. The molecule has 0 aromatic heterocycles. The number of ether oxygens (including phenoxy) is 1. The second-order valence-corrected chi connectivity index (χ2v) is 4.43. The third-order valence-electron chi connectivity index (χ3n) is 2.72. The van der Waals surface area contributed by atoms with Crippen LogP contribution in [0.5, 0.6) is 0 Å². The molecule has 0 bridgehead atoms. The molecule has 0 aliphatic carbocycles. The van der Waals surface area contributed by atoms with Gasteiger partial charge in [-0.05, 0) is 26.7 Å². The molecule has 0 aliphatic heterocycles. The van der Waals surface area contributed by atoms with Gasteiger partial charge in [-0.15, -0.1) is 0 Å². The topological polar surface area (TPSA) is 93.8 Å². The first-order valence-corrected chi connectivity index (χ1v) is 6.09. The fraction of sp³-hybridized carbons (Fsp3) is 0.750. The van der Waals surface area contributed by atoms with Crippen molar-refractivity contribution >= 4 is 17.8 Å². The molecule has 104 valence electrons. The van der Waals surface area contributed by atoms with Crippen molar-refractivity contribution in [1.29, 1.82) is 0 Å². The third-order valence-corrected chi connectivity index (χ3v) is 2.72. The van der Waals surface area contributed by atoms with Crippen molar-refractivity contribution in [2.24, 2.45) is 10.7 Å². The van der Waals surface area contributed by atoms with Gasteiger partial charge in [0.05, 0.1) is 0 Å². The summed E-state index contributed by atoms with van der Waals surface area (Å²) in [6.07, 6.45) is 1.20. The molecule has 2 atom stereocenters. The average Bonchev–Trinajstić information content (AvgIpc) is 2.27. The van der Waals surface area contributed by atoms with Gasteiger partial charge in [-0.1, -0.05) is 13.8 Å². The van der Waals surface area contributed by atoms with Crippen LogP contribution in [0.1, 0.15) is 47.5 Å². The summed E-state index contributed by atoms with van der Waals surface area (Å²) in [4.78, 5) is 26.6. The molecule has 0 radical (unpaired) electrons. The zero-order valence-electron chi connectivity index (χ0n) is 11.7. The lowest BCUT2D eigenvalue weighted by Gasteiger charge is -2.24. The second-order valence-electron chi connectivity index (χ2n) is 4.43. The summed E-state index contributed by atoms with van der Waals surface area (Å²) < 4.78 is 5.00. The molecule has 0 aliphatic rings. The summed E-state index contributed by atoms with van der Waals surface area (Å²) in [6.45, 7) is 8.44. The molecule has 0 saturated carbocycles. The van der Waals surface area contributed by atoms with Crippen LogP contribution >= 0.6 is 0 Å². The third kappa shape index (κ3) is 5.16. The lowest BCUT2D eigenvalue weighted by molar-refractivity contribution is -0.163. The second kappa shape index (κ2) is 6.98. The Balaban J connectivity index is 4.80. The number of hydrogen-bond acceptors (Lipinski definition) is 3. The van der Waals surface area contributed by atoms with Crippen LogP contribution in [-0.4, -0.2) is 29.5 Å². The van der Waals surface area contributed by atoms with E-state index >= 15 is 0 Å². The lowest BCUT2D eigenvalue weighted by Crippen LogP contribution is -2.43. The maximum atomic E-state index is 11.9. The van der Waals surface area contributed by atoms with E-state index in [-0.39, 0.29) is 12.0 Å². The highest BCUT2D eigenvalue weighted by atomic mass is 16.6. The zero-order valence-corrected chi connectivity index (χ0v) is 11.7. The monoisotopic (exact) mass is 257 g/mol. The zero-order chi connectivity index (χ0) is 14.3. The molecule has 0 heterocycles. The maximum Gasteiger partial charge on any atom is 0.303 e. The highest BCUT2D eigenvalue weighted by Crippen LogP contribution is 2.17. The van der Waals surface area contributed by atoms with Crippen LogP contribution in [0.25, 0.3) is 0 Å². The molecule has 1 amide bonds. The standard InChI is InChI=1S/C12H23N3O3/c1-6-8(3)14-11(13)15-10(17)12(5,7-2)18-9(4)16/h8H,6-7H2,1-5H3,(H3,13,14,15,17). The van der Waals surface area contributed by atoms with Crippen molar-refractivity contribution in [3.05, 3.63) is 0 Å². The van der Waals surface area contributed by atoms with Gasteiger partial charge in [0.1, 0.15) is 0 Å². The van der Waals surface area contributed by atoms with Crippen LogP contribution in [-0.2, 0) is 14.3 Å². The number of aliphatic imine (C=N–C) groups is 1. The van der Waals surface area contributed by atoms with Crippen molar-refractivity contribution in [2.75, 3.05) is 0 Å². The highest BCUT2D eigenvalue weighted by Gasteiger charge is 2.34. The normalized spacial score (nSPS) is 16.6. The summed E-state index contributed by atoms with van der Waals surface area (Å²) >= 11 is 0. The van der Waals surface area contributed by atoms with Gasteiger partial charge in [-0.3, -0.25) is 9.59 Å². The molecule has 6 nitrogen and oxygen atoms in total. The number of carbonyl (C=O) groups is 2. The lowest BCUT2D eigenvalue weighted by atomic mass is 10.0. The summed E-state index contributed by atoms with van der Waals surface area (Å²) in [5, 5.41) is 2.88. The van der Waals surface area contributed by atoms with E-state index in [0.29, 0.717) is 6.42 Å². The van der Waals surface area contributed by atoms with Crippen LogP contribution in [0.2, 0.25) is 0 Å². The van der Waals surface area contributed by atoms with Crippen LogP contribution in [0.4, 0.5) is 0 Å². The molecule has 0 saturated heterocycles. The predicted octanol–water partition coefficient (Wildman–Crippen LogP) is 0.948. The van der Waals surface area contributed by atoms with E-state index in [4.69, 9.17) is 10.5 Å². The quantitative estimate of drug-likeness (QED) is 0.434. The molecule has 2 unspecified atom stereocenters. The molecule has 18 heavy (non-hydrogen) atoms. The molecular weight excluding hydrogens is 234 g/mol. The summed E-state index contributed by atoms with van der Waals surface area (Å²) in [6, 6.07) is 0.128. The number of guanidine groups is 1. The number of nitrogens with zero attached hydrogens (tertiary/aromatic N) is 1. The molecule has 0 fully saturated rings. The Labute approximate surface area is 108 Å². The first kappa shape index (κ1) is 16.4. The SMILES string of the molecule is CCC(C)N/C(N)=N/C(=O)C(C)(CC)OC(C)=O. The highest BCUT2D eigenvalue weighted by molar-refractivity contribution is 5.97. The molecule has 0 aromatic rings. The fourth-order valence-electron chi connectivity index (χ4n) is 1.20. The Bertz CT molecular complexity index is 341. The minimum Gasteiger partial charge on any atom is -0.449 e. The van der Waals surface area contributed by atoms with E-state index in [2.05, 4.69) is 10.3 Å². The van der Waals surface area contributed by atoms with Crippen molar-refractivity contribution in [3.63, 3.8) is 0 Å². The largest absolute Gasteiger partial charge is 0.449 e. The predicted molar refractivity (Wildman–Crippen MR) is 70.0 cm³/mol. The van der Waals surface area contributed by atoms with Gasteiger partial charge < -0.3 is 15.8 Å². The summed E-state index contributed by atoms with van der Waals surface area (Å²) in [7, 11) is 0. The summed E-state index contributed by atoms with van der Waals surface area (Å²) in [5.41, 5.74) is 4.35. The van der Waals surface area contributed by atoms with Gasteiger partial charge in [0.2, 0.25) is 0 Å². The first-order chi connectivity index (χ1) is 8.25. The van der Waals surface area contributed by atoms with Crippen molar-refractivity contribution in [3.8, 4) is 0 Å². The van der Waals surface area contributed by atoms with Gasteiger partial charge in [-0.2, -0.15) is 4.99 Å². The van der Waals surface area contributed by atoms with Gasteiger partial charge in [0.25, 0.3) is 5.91 Å². The van der Waals surface area contributed by atoms with E-state index in [1.54, 1.807) is 6.92 Å². The van der Waals surface area contributed by atoms with Gasteiger partial charge in [0.15, 0.2) is 11.6 Å². The Morgan fingerprint density at radius 3 is 2.39 bits per heavy atom. The first-order valence-electron chi connectivity index (χ1n) is 6.09. The molecule has 6 heteroatoms. The number of carbonyl (C=O) groups excluding carboxylic acids is 2. The number of amides is 1. The van der Waals surface area contributed by atoms with Crippen LogP contribution in [0.15, 0.2) is 4.99 Å². The number of nitrogens with two attached hydrogens (primary N) is 1. The molecule has 0 spiro atoms. The van der Waals surface area contributed by atoms with Gasteiger partial charge >= 0.3 is 5.97 Å². The molecule has 3 N–H and O–H groups in total. The number of hydrogen-bond donors (Lipinski definition) is 2. The number of esters is 1. The molecule has 0 aromatic carbocycles. The van der Waals surface area contributed by atoms with E-state index < -0.39 is 17.5 Å². The van der Waals surface area contributed by atoms with E-state index in [9.17, 15) is 9.59 Å².